The summed E-state index contributed by atoms with van der Waals surface area (Å²) in [7, 11) is -3.58. The molecule has 0 spiro atoms. The zero-order chi connectivity index (χ0) is 13.8. The number of rotatable bonds is 6. The summed E-state index contributed by atoms with van der Waals surface area (Å²) < 4.78 is 27.1. The van der Waals surface area contributed by atoms with Gasteiger partial charge in [0.1, 0.15) is 0 Å². The topological polar surface area (TPSA) is 71.1 Å². The third-order valence-corrected chi connectivity index (χ3v) is 4.25. The minimum Gasteiger partial charge on any atom is -0.383 e. The van der Waals surface area contributed by atoms with Gasteiger partial charge in [0.25, 0.3) is 10.0 Å². The van der Waals surface area contributed by atoms with Crippen molar-refractivity contribution in [3.8, 4) is 0 Å². The van der Waals surface area contributed by atoms with Crippen LogP contribution < -0.4 is 10.0 Å². The fourth-order valence-electron chi connectivity index (χ4n) is 1.37. The second-order valence-electron chi connectivity index (χ2n) is 4.54. The molecule has 1 heterocycles. The van der Waals surface area contributed by atoms with E-state index in [-0.39, 0.29) is 17.0 Å². The van der Waals surface area contributed by atoms with Gasteiger partial charge in [0.15, 0.2) is 5.03 Å². The molecule has 0 aliphatic rings. The Morgan fingerprint density at radius 2 is 2.00 bits per heavy atom. The van der Waals surface area contributed by atoms with Crippen LogP contribution in [0.25, 0.3) is 0 Å². The van der Waals surface area contributed by atoms with Crippen molar-refractivity contribution in [3.05, 3.63) is 18.3 Å². The van der Waals surface area contributed by atoms with Crippen LogP contribution in [0.15, 0.2) is 23.4 Å². The highest BCUT2D eigenvalue weighted by Crippen LogP contribution is 2.18. The molecule has 0 aliphatic carbocycles. The van der Waals surface area contributed by atoms with Gasteiger partial charge in [0.05, 0.1) is 5.69 Å². The largest absolute Gasteiger partial charge is 0.383 e. The molecule has 5 nitrogen and oxygen atoms in total. The molecule has 0 amide bonds. The summed E-state index contributed by atoms with van der Waals surface area (Å²) in [6.07, 6.45) is 1.48. The van der Waals surface area contributed by atoms with Gasteiger partial charge in [-0.15, -0.1) is 0 Å². The van der Waals surface area contributed by atoms with E-state index in [0.717, 1.165) is 0 Å². The molecule has 2 N–H and O–H groups in total. The van der Waals surface area contributed by atoms with Crippen LogP contribution in [-0.4, -0.2) is 26.0 Å². The van der Waals surface area contributed by atoms with Crippen LogP contribution >= 0.6 is 0 Å². The molecular formula is C12H21N3O2S. The molecule has 1 aromatic rings. The first kappa shape index (κ1) is 14.9. The van der Waals surface area contributed by atoms with Gasteiger partial charge in [-0.1, -0.05) is 13.8 Å². The molecule has 18 heavy (non-hydrogen) atoms. The highest BCUT2D eigenvalue weighted by Gasteiger charge is 2.23. The van der Waals surface area contributed by atoms with E-state index in [1.54, 1.807) is 12.1 Å². The maximum absolute atomic E-state index is 12.2. The minimum absolute atomic E-state index is 0.0550. The van der Waals surface area contributed by atoms with Crippen molar-refractivity contribution in [2.24, 2.45) is 5.92 Å². The van der Waals surface area contributed by atoms with E-state index in [4.69, 9.17) is 0 Å². The van der Waals surface area contributed by atoms with Gasteiger partial charge in [-0.25, -0.2) is 18.1 Å². The van der Waals surface area contributed by atoms with E-state index in [9.17, 15) is 8.42 Å². The van der Waals surface area contributed by atoms with Crippen molar-refractivity contribution in [2.45, 2.75) is 38.8 Å². The first-order chi connectivity index (χ1) is 8.38. The quantitative estimate of drug-likeness (QED) is 0.828. The van der Waals surface area contributed by atoms with Crippen molar-refractivity contribution in [2.75, 3.05) is 11.9 Å². The Hall–Kier alpha value is -1.14. The average Bonchev–Trinajstić information content (AvgIpc) is 2.29. The monoisotopic (exact) mass is 271 g/mol. The Bertz CT molecular complexity index is 486. The number of nitrogens with zero attached hydrogens (tertiary/aromatic N) is 1. The summed E-state index contributed by atoms with van der Waals surface area (Å²) in [4.78, 5) is 3.97. The Labute approximate surface area is 109 Å². The first-order valence-corrected chi connectivity index (χ1v) is 7.58. The number of pyridine rings is 1. The van der Waals surface area contributed by atoms with Gasteiger partial charge < -0.3 is 5.32 Å². The molecule has 1 rings (SSSR count). The van der Waals surface area contributed by atoms with Crippen molar-refractivity contribution in [3.63, 3.8) is 0 Å². The van der Waals surface area contributed by atoms with Crippen LogP contribution in [0.2, 0.25) is 0 Å². The van der Waals surface area contributed by atoms with Crippen molar-refractivity contribution < 1.29 is 8.42 Å². The highest BCUT2D eigenvalue weighted by atomic mass is 32.2. The van der Waals surface area contributed by atoms with E-state index < -0.39 is 10.0 Å². The zero-order valence-corrected chi connectivity index (χ0v) is 12.1. The van der Waals surface area contributed by atoms with Gasteiger partial charge in [0.2, 0.25) is 0 Å². The predicted octanol–water partition coefficient (Wildman–Crippen LogP) is 1.84. The van der Waals surface area contributed by atoms with Crippen molar-refractivity contribution >= 4 is 15.7 Å². The van der Waals surface area contributed by atoms with Crippen LogP contribution in [0, 0.1) is 5.92 Å². The van der Waals surface area contributed by atoms with E-state index in [0.29, 0.717) is 12.2 Å². The number of anilines is 1. The number of nitrogens with one attached hydrogen (secondary N) is 2. The number of hydrogen-bond acceptors (Lipinski definition) is 4. The molecule has 6 heteroatoms. The lowest BCUT2D eigenvalue weighted by atomic mass is 10.1. The Balaban J connectivity index is 3.05. The maximum atomic E-state index is 12.2. The summed E-state index contributed by atoms with van der Waals surface area (Å²) >= 11 is 0. The fourth-order valence-corrected chi connectivity index (χ4v) is 2.87. The van der Waals surface area contributed by atoms with Crippen LogP contribution in [0.1, 0.15) is 27.7 Å². The lowest BCUT2D eigenvalue weighted by molar-refractivity contribution is 0.475. The number of aromatic nitrogens is 1. The zero-order valence-electron chi connectivity index (χ0n) is 11.3. The third-order valence-electron chi connectivity index (χ3n) is 2.73. The van der Waals surface area contributed by atoms with Gasteiger partial charge in [-0.05, 0) is 31.9 Å². The standard InChI is InChI=1S/C12H21N3O2S/c1-5-13-11-7-6-8-14-12(11)18(16,17)15-10(4)9(2)3/h6-10,13,15H,5H2,1-4H3. The molecule has 0 aliphatic heterocycles. The molecular weight excluding hydrogens is 250 g/mol. The molecule has 1 aromatic heterocycles. The fraction of sp³-hybridized carbons (Fsp3) is 0.583. The second kappa shape index (κ2) is 6.15. The normalized spacial score (nSPS) is 13.6. The van der Waals surface area contributed by atoms with Crippen LogP contribution in [0.4, 0.5) is 5.69 Å². The molecule has 1 atom stereocenters. The van der Waals surface area contributed by atoms with Gasteiger partial charge in [-0.3, -0.25) is 0 Å². The molecule has 0 saturated heterocycles. The minimum atomic E-state index is -3.58. The third kappa shape index (κ3) is 3.68. The number of sulfonamides is 1. The van der Waals surface area contributed by atoms with Crippen molar-refractivity contribution in [1.82, 2.24) is 9.71 Å². The Kier molecular flexibility index (Phi) is 5.10. The molecule has 0 bridgehead atoms. The van der Waals surface area contributed by atoms with Crippen LogP contribution in [-0.2, 0) is 10.0 Å². The average molecular weight is 271 g/mol. The lowest BCUT2D eigenvalue weighted by Crippen LogP contribution is -2.36. The molecule has 0 fully saturated rings. The van der Waals surface area contributed by atoms with Crippen molar-refractivity contribution in [1.29, 1.82) is 0 Å². The summed E-state index contributed by atoms with van der Waals surface area (Å²) in [5.41, 5.74) is 0.531. The smallest absolute Gasteiger partial charge is 0.260 e. The summed E-state index contributed by atoms with van der Waals surface area (Å²) in [6, 6.07) is 3.29. The molecule has 1 unspecified atom stereocenters. The molecule has 0 saturated carbocycles. The summed E-state index contributed by atoms with van der Waals surface area (Å²) in [6.45, 7) is 8.34. The number of hydrogen-bond donors (Lipinski definition) is 2. The Morgan fingerprint density at radius 1 is 1.33 bits per heavy atom. The van der Waals surface area contributed by atoms with Gasteiger partial charge in [0, 0.05) is 18.8 Å². The molecule has 0 radical (unpaired) electrons. The predicted molar refractivity (Wildman–Crippen MR) is 73.0 cm³/mol. The van der Waals surface area contributed by atoms with E-state index in [1.807, 2.05) is 27.7 Å². The van der Waals surface area contributed by atoms with Gasteiger partial charge >= 0.3 is 0 Å². The van der Waals surface area contributed by atoms with Gasteiger partial charge in [-0.2, -0.15) is 0 Å². The Morgan fingerprint density at radius 3 is 2.56 bits per heavy atom. The highest BCUT2D eigenvalue weighted by molar-refractivity contribution is 7.89. The maximum Gasteiger partial charge on any atom is 0.260 e. The summed E-state index contributed by atoms with van der Waals surface area (Å²) in [5, 5.41) is 3.06. The molecule has 0 aromatic carbocycles. The summed E-state index contributed by atoms with van der Waals surface area (Å²) in [5.74, 6) is 0.228. The van der Waals surface area contributed by atoms with E-state index in [1.165, 1.54) is 6.20 Å². The van der Waals surface area contributed by atoms with Crippen LogP contribution in [0.5, 0.6) is 0 Å². The molecule has 102 valence electrons. The SMILES string of the molecule is CCNc1cccnc1S(=O)(=O)NC(C)C(C)C. The lowest BCUT2D eigenvalue weighted by Gasteiger charge is -2.18. The van der Waals surface area contributed by atoms with Crippen LogP contribution in [0.3, 0.4) is 0 Å². The van der Waals surface area contributed by atoms with E-state index in [2.05, 4.69) is 15.0 Å². The second-order valence-corrected chi connectivity index (χ2v) is 6.17. The van der Waals surface area contributed by atoms with E-state index >= 15 is 0 Å². The first-order valence-electron chi connectivity index (χ1n) is 6.09.